The second kappa shape index (κ2) is 2.11. The molecule has 45 valence electrons. The first-order chi connectivity index (χ1) is 4.22. The van der Waals surface area contributed by atoms with Crippen molar-refractivity contribution in [2.75, 3.05) is 11.5 Å². The van der Waals surface area contributed by atoms with Crippen molar-refractivity contribution < 1.29 is 0 Å². The van der Waals surface area contributed by atoms with Crippen molar-refractivity contribution in [1.82, 2.24) is 0 Å². The average Bonchev–Trinajstić information content (AvgIpc) is 1.83. The van der Waals surface area contributed by atoms with E-state index in [1.165, 1.54) is 0 Å². The fourth-order valence-electron chi connectivity index (χ4n) is 0.583. The van der Waals surface area contributed by atoms with Crippen LogP contribution in [0.5, 0.6) is 0 Å². The largest absolute Gasteiger partial charge is 0.397 e. The number of para-hydroxylation sites is 1. The third kappa shape index (κ3) is 1.05. The van der Waals surface area contributed by atoms with Crippen LogP contribution in [0.25, 0.3) is 0 Å². The Hall–Kier alpha value is -0.963. The van der Waals surface area contributed by atoms with E-state index >= 15 is 0 Å². The molecular formula is C6H7N2Si. The van der Waals surface area contributed by atoms with E-state index in [1.807, 2.05) is 12.1 Å². The molecule has 0 heterocycles. The zero-order valence-corrected chi connectivity index (χ0v) is 5.89. The number of rotatable bonds is 0. The highest BCUT2D eigenvalue weighted by Gasteiger charge is 1.93. The Bertz CT molecular complexity index is 202. The van der Waals surface area contributed by atoms with E-state index < -0.39 is 0 Å². The summed E-state index contributed by atoms with van der Waals surface area (Å²) in [5.74, 6) is 0. The molecule has 4 N–H and O–H groups in total. The van der Waals surface area contributed by atoms with Gasteiger partial charge in [0.1, 0.15) is 0 Å². The molecule has 0 saturated carbocycles. The van der Waals surface area contributed by atoms with Crippen molar-refractivity contribution in [2.24, 2.45) is 0 Å². The van der Waals surface area contributed by atoms with Gasteiger partial charge in [-0.1, -0.05) is 12.1 Å². The van der Waals surface area contributed by atoms with E-state index in [9.17, 15) is 0 Å². The van der Waals surface area contributed by atoms with E-state index in [0.717, 1.165) is 5.19 Å². The van der Waals surface area contributed by atoms with Crippen LogP contribution < -0.4 is 16.7 Å². The quantitative estimate of drug-likeness (QED) is 0.377. The van der Waals surface area contributed by atoms with Crippen LogP contribution in [-0.4, -0.2) is 10.2 Å². The summed E-state index contributed by atoms with van der Waals surface area (Å²) in [6.45, 7) is 0. The number of anilines is 2. The van der Waals surface area contributed by atoms with E-state index in [2.05, 4.69) is 10.2 Å². The van der Waals surface area contributed by atoms with Crippen LogP contribution in [-0.2, 0) is 0 Å². The SMILES string of the molecule is Nc1cccc([Si])c1N. The maximum absolute atomic E-state index is 5.51. The van der Waals surface area contributed by atoms with Gasteiger partial charge in [-0.15, -0.1) is 0 Å². The summed E-state index contributed by atoms with van der Waals surface area (Å²) in [5, 5.41) is 0.843. The predicted molar refractivity (Wildman–Crippen MR) is 40.7 cm³/mol. The van der Waals surface area contributed by atoms with Gasteiger partial charge in [-0.25, -0.2) is 0 Å². The minimum atomic E-state index is 0.606. The average molecular weight is 135 g/mol. The smallest absolute Gasteiger partial charge is 0.0742 e. The van der Waals surface area contributed by atoms with Gasteiger partial charge in [0.05, 0.1) is 21.6 Å². The highest BCUT2D eigenvalue weighted by molar-refractivity contribution is 6.36. The predicted octanol–water partition coefficient (Wildman–Crippen LogP) is -0.355. The molecule has 0 fully saturated rings. The van der Waals surface area contributed by atoms with E-state index in [4.69, 9.17) is 11.5 Å². The van der Waals surface area contributed by atoms with Crippen molar-refractivity contribution >= 4 is 26.8 Å². The van der Waals surface area contributed by atoms with Gasteiger partial charge in [-0.3, -0.25) is 0 Å². The third-order valence-electron chi connectivity index (χ3n) is 1.14. The Morgan fingerprint density at radius 1 is 1.22 bits per heavy atom. The summed E-state index contributed by atoms with van der Waals surface area (Å²) >= 11 is 0. The van der Waals surface area contributed by atoms with Crippen molar-refractivity contribution in [2.45, 2.75) is 0 Å². The summed E-state index contributed by atoms with van der Waals surface area (Å²) in [5.41, 5.74) is 12.2. The molecule has 1 aromatic rings. The van der Waals surface area contributed by atoms with Gasteiger partial charge >= 0.3 is 0 Å². The molecule has 0 aromatic heterocycles. The molecule has 0 atom stereocenters. The molecule has 0 saturated heterocycles. The Morgan fingerprint density at radius 2 is 1.89 bits per heavy atom. The van der Waals surface area contributed by atoms with E-state index in [0.29, 0.717) is 11.4 Å². The molecule has 0 unspecified atom stereocenters. The molecule has 0 bridgehead atoms. The maximum atomic E-state index is 5.51. The zero-order valence-electron chi connectivity index (χ0n) is 4.89. The van der Waals surface area contributed by atoms with Crippen molar-refractivity contribution in [1.29, 1.82) is 0 Å². The number of nitrogens with two attached hydrogens (primary N) is 2. The van der Waals surface area contributed by atoms with Crippen LogP contribution >= 0.6 is 0 Å². The molecule has 0 aliphatic carbocycles. The monoisotopic (exact) mass is 135 g/mol. The van der Waals surface area contributed by atoms with Gasteiger partial charge in [0.25, 0.3) is 0 Å². The van der Waals surface area contributed by atoms with Gasteiger partial charge in [0.2, 0.25) is 0 Å². The molecular weight excluding hydrogens is 128 g/mol. The normalized spacial score (nSPS) is 9.44. The Kier molecular flexibility index (Phi) is 1.44. The molecule has 3 radical (unpaired) electrons. The lowest BCUT2D eigenvalue weighted by atomic mass is 10.3. The number of benzene rings is 1. The molecule has 2 nitrogen and oxygen atoms in total. The van der Waals surface area contributed by atoms with E-state index in [-0.39, 0.29) is 0 Å². The topological polar surface area (TPSA) is 52.0 Å². The molecule has 0 amide bonds. The fourth-order valence-corrected chi connectivity index (χ4v) is 0.824. The molecule has 0 spiro atoms. The first-order valence-electron chi connectivity index (χ1n) is 2.57. The Labute approximate surface area is 57.3 Å². The van der Waals surface area contributed by atoms with Gasteiger partial charge in [0.15, 0.2) is 0 Å². The van der Waals surface area contributed by atoms with Crippen LogP contribution in [0.4, 0.5) is 11.4 Å². The first-order valence-corrected chi connectivity index (χ1v) is 3.07. The summed E-state index contributed by atoms with van der Waals surface area (Å²) in [4.78, 5) is 0. The Balaban J connectivity index is 3.25. The Morgan fingerprint density at radius 3 is 2.33 bits per heavy atom. The van der Waals surface area contributed by atoms with Crippen LogP contribution in [0.2, 0.25) is 0 Å². The second-order valence-corrected chi connectivity index (χ2v) is 2.35. The van der Waals surface area contributed by atoms with Crippen molar-refractivity contribution in [3.05, 3.63) is 18.2 Å². The first kappa shape index (κ1) is 6.16. The lowest BCUT2D eigenvalue weighted by Crippen LogP contribution is -2.11. The molecule has 9 heavy (non-hydrogen) atoms. The molecule has 0 aliphatic heterocycles. The second-order valence-electron chi connectivity index (χ2n) is 1.81. The van der Waals surface area contributed by atoms with Gasteiger partial charge < -0.3 is 11.5 Å². The van der Waals surface area contributed by atoms with Gasteiger partial charge in [-0.05, 0) is 11.3 Å². The van der Waals surface area contributed by atoms with Gasteiger partial charge in [0, 0.05) is 0 Å². The maximum Gasteiger partial charge on any atom is 0.0742 e. The summed E-state index contributed by atoms with van der Waals surface area (Å²) in [6, 6.07) is 5.45. The van der Waals surface area contributed by atoms with Gasteiger partial charge in [-0.2, -0.15) is 0 Å². The molecule has 0 aliphatic rings. The van der Waals surface area contributed by atoms with Crippen LogP contribution in [0, 0.1) is 0 Å². The number of hydrogen-bond donors (Lipinski definition) is 2. The lowest BCUT2D eigenvalue weighted by molar-refractivity contribution is 1.71. The lowest BCUT2D eigenvalue weighted by Gasteiger charge is -2.00. The molecule has 1 rings (SSSR count). The van der Waals surface area contributed by atoms with E-state index in [1.54, 1.807) is 6.07 Å². The minimum absolute atomic E-state index is 0.606. The highest BCUT2D eigenvalue weighted by atomic mass is 28.1. The van der Waals surface area contributed by atoms with Crippen LogP contribution in [0.15, 0.2) is 18.2 Å². The summed E-state index contributed by atoms with van der Waals surface area (Å²) in [7, 11) is 3.29. The van der Waals surface area contributed by atoms with Crippen LogP contribution in [0.1, 0.15) is 0 Å². The van der Waals surface area contributed by atoms with Crippen LogP contribution in [0.3, 0.4) is 0 Å². The van der Waals surface area contributed by atoms with Crippen molar-refractivity contribution in [3.63, 3.8) is 0 Å². The highest BCUT2D eigenvalue weighted by Crippen LogP contribution is 2.07. The molecule has 3 heteroatoms. The number of nitrogen functional groups attached to an aromatic ring is 2. The van der Waals surface area contributed by atoms with Crippen molar-refractivity contribution in [3.8, 4) is 0 Å². The zero-order chi connectivity index (χ0) is 6.85. The molecule has 1 aromatic carbocycles. The summed E-state index contributed by atoms with van der Waals surface area (Å²) < 4.78 is 0. The summed E-state index contributed by atoms with van der Waals surface area (Å²) in [6.07, 6.45) is 0. The third-order valence-corrected chi connectivity index (χ3v) is 1.58. The fraction of sp³-hybridized carbons (Fsp3) is 0. The number of hydrogen-bond acceptors (Lipinski definition) is 2. The minimum Gasteiger partial charge on any atom is -0.397 e. The standard InChI is InChI=1S/C6H7N2Si/c7-4-2-1-3-5(9)6(4)8/h1-3H,7-8H2.